The molecule has 2 unspecified atom stereocenters. The molecule has 1 aromatic rings. The molecule has 0 amide bonds. The summed E-state index contributed by atoms with van der Waals surface area (Å²) in [5.74, 6) is -1.63. The molecule has 1 aliphatic heterocycles. The van der Waals surface area contributed by atoms with E-state index in [1.807, 2.05) is 6.92 Å². The number of aryl methyl sites for hydroxylation is 1. The summed E-state index contributed by atoms with van der Waals surface area (Å²) in [5.41, 5.74) is 1.26. The van der Waals surface area contributed by atoms with Crippen LogP contribution in [0, 0.1) is 23.0 Å². The molecule has 0 bridgehead atoms. The molecule has 108 valence electrons. The Morgan fingerprint density at radius 1 is 1.50 bits per heavy atom. The highest BCUT2D eigenvalue weighted by atomic mass is 16.6. The Kier molecular flexibility index (Phi) is 3.89. The summed E-state index contributed by atoms with van der Waals surface area (Å²) < 4.78 is 5.21. The number of carboxylic acid groups (broad SMARTS) is 1. The quantitative estimate of drug-likeness (QED) is 0.662. The van der Waals surface area contributed by atoms with Crippen LogP contribution in [-0.4, -0.2) is 42.3 Å². The molecule has 1 aliphatic rings. The van der Waals surface area contributed by atoms with Gasteiger partial charge in [-0.15, -0.1) is 0 Å². The molecule has 1 N–H and O–H groups in total. The van der Waals surface area contributed by atoms with Crippen molar-refractivity contribution in [2.75, 3.05) is 25.2 Å². The first-order chi connectivity index (χ1) is 9.41. The van der Waals surface area contributed by atoms with Gasteiger partial charge in [0.15, 0.2) is 0 Å². The zero-order valence-corrected chi connectivity index (χ0v) is 11.3. The first-order valence-corrected chi connectivity index (χ1v) is 6.20. The number of anilines is 1. The summed E-state index contributed by atoms with van der Waals surface area (Å²) in [6, 6.07) is 4.38. The van der Waals surface area contributed by atoms with E-state index >= 15 is 0 Å². The van der Waals surface area contributed by atoms with Gasteiger partial charge in [-0.2, -0.15) is 0 Å². The van der Waals surface area contributed by atoms with Crippen LogP contribution in [-0.2, 0) is 9.53 Å². The Hall–Kier alpha value is -2.15. The van der Waals surface area contributed by atoms with Gasteiger partial charge in [-0.1, -0.05) is 6.07 Å². The van der Waals surface area contributed by atoms with E-state index in [9.17, 15) is 20.0 Å². The summed E-state index contributed by atoms with van der Waals surface area (Å²) >= 11 is 0. The van der Waals surface area contributed by atoms with Gasteiger partial charge in [0.2, 0.25) is 0 Å². The van der Waals surface area contributed by atoms with E-state index in [-0.39, 0.29) is 18.9 Å². The molecule has 2 rings (SSSR count). The Balaban J connectivity index is 2.37. The highest BCUT2D eigenvalue weighted by molar-refractivity contribution is 5.73. The second-order valence-electron chi connectivity index (χ2n) is 4.91. The normalized spacial score (nSPS) is 21.7. The Morgan fingerprint density at radius 3 is 2.80 bits per heavy atom. The first-order valence-electron chi connectivity index (χ1n) is 6.20. The number of carboxylic acids is 1. The molecule has 20 heavy (non-hydrogen) atoms. The third-order valence-corrected chi connectivity index (χ3v) is 3.57. The predicted octanol–water partition coefficient (Wildman–Crippen LogP) is 1.44. The van der Waals surface area contributed by atoms with Gasteiger partial charge in [0.25, 0.3) is 5.69 Å². The number of nitro benzene ring substituents is 1. The number of likely N-dealkylation sites (N-methyl/N-ethyl adjacent to an activating group) is 1. The van der Waals surface area contributed by atoms with Gasteiger partial charge < -0.3 is 14.7 Å². The molecule has 1 aromatic carbocycles. The summed E-state index contributed by atoms with van der Waals surface area (Å²) in [7, 11) is 1.66. The van der Waals surface area contributed by atoms with Crippen LogP contribution in [0.3, 0.4) is 0 Å². The zero-order valence-electron chi connectivity index (χ0n) is 11.3. The number of hydrogen-bond donors (Lipinski definition) is 1. The lowest BCUT2D eigenvalue weighted by Gasteiger charge is -2.28. The van der Waals surface area contributed by atoms with Crippen molar-refractivity contribution in [3.63, 3.8) is 0 Å². The van der Waals surface area contributed by atoms with Crippen LogP contribution in [0.4, 0.5) is 11.4 Å². The molecule has 0 aliphatic carbocycles. The van der Waals surface area contributed by atoms with Crippen LogP contribution in [0.5, 0.6) is 0 Å². The smallest absolute Gasteiger partial charge is 0.311 e. The van der Waals surface area contributed by atoms with Crippen molar-refractivity contribution >= 4 is 17.3 Å². The average molecular weight is 280 g/mol. The second-order valence-corrected chi connectivity index (χ2v) is 4.91. The molecule has 2 atom stereocenters. The minimum atomic E-state index is -0.949. The summed E-state index contributed by atoms with van der Waals surface area (Å²) in [6.45, 7) is 2.21. The predicted molar refractivity (Wildman–Crippen MR) is 72.0 cm³/mol. The lowest BCUT2D eigenvalue weighted by atomic mass is 10.0. The molecule has 7 heteroatoms. The minimum absolute atomic E-state index is 0.0332. The SMILES string of the molecule is Cc1ccc([N+](=O)[O-])c(N(C)C2COCC2C(=O)O)c1. The van der Waals surface area contributed by atoms with Crippen molar-refractivity contribution in [3.8, 4) is 0 Å². The van der Waals surface area contributed by atoms with Crippen LogP contribution < -0.4 is 4.90 Å². The fraction of sp³-hybridized carbons (Fsp3) is 0.462. The maximum absolute atomic E-state index is 11.2. The molecule has 7 nitrogen and oxygen atoms in total. The molecule has 1 saturated heterocycles. The Bertz CT molecular complexity index is 546. The van der Waals surface area contributed by atoms with Gasteiger partial charge in [-0.3, -0.25) is 14.9 Å². The van der Waals surface area contributed by atoms with Crippen LogP contribution >= 0.6 is 0 Å². The third-order valence-electron chi connectivity index (χ3n) is 3.57. The van der Waals surface area contributed by atoms with Gasteiger partial charge in [0, 0.05) is 13.1 Å². The number of nitro groups is 1. The van der Waals surface area contributed by atoms with Gasteiger partial charge in [0.05, 0.1) is 24.2 Å². The maximum atomic E-state index is 11.2. The molecule has 1 fully saturated rings. The number of hydrogen-bond acceptors (Lipinski definition) is 5. The van der Waals surface area contributed by atoms with Gasteiger partial charge in [0.1, 0.15) is 11.6 Å². The molecule has 0 saturated carbocycles. The number of carbonyl (C=O) groups is 1. The third kappa shape index (κ3) is 2.57. The highest BCUT2D eigenvalue weighted by Crippen LogP contribution is 2.32. The number of nitrogens with zero attached hydrogens (tertiary/aromatic N) is 2. The molecule has 0 radical (unpaired) electrons. The lowest BCUT2D eigenvalue weighted by molar-refractivity contribution is -0.384. The molecule has 1 heterocycles. The Labute approximate surface area is 115 Å². The van der Waals surface area contributed by atoms with E-state index in [1.54, 1.807) is 24.1 Å². The van der Waals surface area contributed by atoms with Crippen LogP contribution in [0.2, 0.25) is 0 Å². The van der Waals surface area contributed by atoms with E-state index in [2.05, 4.69) is 0 Å². The van der Waals surface area contributed by atoms with Crippen molar-refractivity contribution in [3.05, 3.63) is 33.9 Å². The van der Waals surface area contributed by atoms with E-state index in [0.29, 0.717) is 5.69 Å². The van der Waals surface area contributed by atoms with Gasteiger partial charge >= 0.3 is 5.97 Å². The fourth-order valence-electron chi connectivity index (χ4n) is 2.41. The zero-order chi connectivity index (χ0) is 14.9. The van der Waals surface area contributed by atoms with Crippen LogP contribution in [0.1, 0.15) is 5.56 Å². The highest BCUT2D eigenvalue weighted by Gasteiger charge is 2.38. The van der Waals surface area contributed by atoms with Crippen molar-refractivity contribution in [1.82, 2.24) is 0 Å². The largest absolute Gasteiger partial charge is 0.481 e. The second kappa shape index (κ2) is 5.46. The summed E-state index contributed by atoms with van der Waals surface area (Å²) in [5, 5.41) is 20.3. The van der Waals surface area contributed by atoms with Crippen molar-refractivity contribution in [2.45, 2.75) is 13.0 Å². The van der Waals surface area contributed by atoms with Crippen molar-refractivity contribution in [1.29, 1.82) is 0 Å². The van der Waals surface area contributed by atoms with Gasteiger partial charge in [-0.25, -0.2) is 0 Å². The van der Waals surface area contributed by atoms with Gasteiger partial charge in [-0.05, 0) is 18.6 Å². The maximum Gasteiger partial charge on any atom is 0.311 e. The van der Waals surface area contributed by atoms with E-state index < -0.39 is 22.9 Å². The van der Waals surface area contributed by atoms with Crippen LogP contribution in [0.25, 0.3) is 0 Å². The summed E-state index contributed by atoms with van der Waals surface area (Å²) in [6.07, 6.45) is 0. The number of ether oxygens (including phenoxy) is 1. The number of aliphatic carboxylic acids is 1. The van der Waals surface area contributed by atoms with Crippen molar-refractivity contribution in [2.24, 2.45) is 5.92 Å². The molecular formula is C13H16N2O5. The molecule has 0 spiro atoms. The standard InChI is InChI=1S/C13H16N2O5/c1-8-3-4-10(15(18)19)11(5-8)14(2)12-7-20-6-9(12)13(16)17/h3-5,9,12H,6-7H2,1-2H3,(H,16,17). The number of benzene rings is 1. The lowest BCUT2D eigenvalue weighted by Crippen LogP contribution is -2.41. The topological polar surface area (TPSA) is 92.9 Å². The number of rotatable bonds is 4. The monoisotopic (exact) mass is 280 g/mol. The average Bonchev–Trinajstić information content (AvgIpc) is 2.86. The molecular weight excluding hydrogens is 264 g/mol. The van der Waals surface area contributed by atoms with Crippen LogP contribution in [0.15, 0.2) is 18.2 Å². The van der Waals surface area contributed by atoms with E-state index in [0.717, 1.165) is 5.56 Å². The first kappa shape index (κ1) is 14.3. The van der Waals surface area contributed by atoms with Crippen molar-refractivity contribution < 1.29 is 19.6 Å². The summed E-state index contributed by atoms with van der Waals surface area (Å²) in [4.78, 5) is 23.5. The minimum Gasteiger partial charge on any atom is -0.481 e. The Morgan fingerprint density at radius 2 is 2.20 bits per heavy atom. The van der Waals surface area contributed by atoms with E-state index in [4.69, 9.17) is 4.74 Å². The fourth-order valence-corrected chi connectivity index (χ4v) is 2.41. The molecule has 0 aromatic heterocycles. The van der Waals surface area contributed by atoms with E-state index in [1.165, 1.54) is 6.07 Å².